The molecule has 27 heavy (non-hydrogen) atoms. The summed E-state index contributed by atoms with van der Waals surface area (Å²) in [7, 11) is 1.61. The summed E-state index contributed by atoms with van der Waals surface area (Å²) in [5.41, 5.74) is 0.552. The lowest BCUT2D eigenvalue weighted by atomic mass is 10.1. The molecule has 144 valence electrons. The fourth-order valence-electron chi connectivity index (χ4n) is 3.00. The van der Waals surface area contributed by atoms with Crippen molar-refractivity contribution in [3.63, 3.8) is 0 Å². The Kier molecular flexibility index (Phi) is 5.16. The summed E-state index contributed by atoms with van der Waals surface area (Å²) in [6.45, 7) is 3.28. The molecule has 0 saturated carbocycles. The van der Waals surface area contributed by atoms with Crippen LogP contribution < -0.4 is 9.47 Å². The summed E-state index contributed by atoms with van der Waals surface area (Å²) in [4.78, 5) is 16.1. The van der Waals surface area contributed by atoms with Crippen molar-refractivity contribution in [3.8, 4) is 11.5 Å². The van der Waals surface area contributed by atoms with Crippen LogP contribution in [0.3, 0.4) is 0 Å². The monoisotopic (exact) mass is 375 g/mol. The van der Waals surface area contributed by atoms with Gasteiger partial charge in [0.05, 0.1) is 26.3 Å². The van der Waals surface area contributed by atoms with Gasteiger partial charge in [0, 0.05) is 19.2 Å². The number of tetrazole rings is 1. The molecule has 1 amide bonds. The fraction of sp³-hybridized carbons (Fsp3) is 0.529. The van der Waals surface area contributed by atoms with E-state index in [9.17, 15) is 4.79 Å². The number of rotatable bonds is 5. The topological polar surface area (TPSA) is 101 Å². The summed E-state index contributed by atoms with van der Waals surface area (Å²) < 4.78 is 21.8. The Bertz CT molecular complexity index is 811. The lowest BCUT2D eigenvalue weighted by molar-refractivity contribution is -0.0269. The third-order valence-corrected chi connectivity index (χ3v) is 4.39. The van der Waals surface area contributed by atoms with E-state index in [1.165, 1.54) is 4.80 Å². The molecule has 0 aliphatic carbocycles. The number of nitrogens with zero attached hydrogens (tertiary/aromatic N) is 5. The Labute approximate surface area is 155 Å². The van der Waals surface area contributed by atoms with Gasteiger partial charge in [0.1, 0.15) is 19.3 Å². The van der Waals surface area contributed by atoms with Gasteiger partial charge in [-0.15, -0.1) is 10.2 Å². The third kappa shape index (κ3) is 3.86. The Morgan fingerprint density at radius 3 is 2.96 bits per heavy atom. The molecule has 1 atom stereocenters. The van der Waals surface area contributed by atoms with E-state index < -0.39 is 6.10 Å². The first-order valence-corrected chi connectivity index (χ1v) is 8.82. The standard InChI is InChI=1S/C17H21N5O5/c1-24-6-5-22-19-16(18-20-22)15-11-21(4-7-25-15)17(23)12-2-3-13-14(10-12)27-9-8-26-13/h2-3,10,15H,4-9,11H2,1H3/t15-/m0/s1. The minimum atomic E-state index is -0.406. The molecule has 2 aromatic rings. The lowest BCUT2D eigenvalue weighted by Gasteiger charge is -2.31. The third-order valence-electron chi connectivity index (χ3n) is 4.39. The van der Waals surface area contributed by atoms with Crippen molar-refractivity contribution in [1.82, 2.24) is 25.1 Å². The Balaban J connectivity index is 1.44. The van der Waals surface area contributed by atoms with Crippen LogP contribution in [-0.4, -0.2) is 77.6 Å². The van der Waals surface area contributed by atoms with E-state index in [1.54, 1.807) is 30.2 Å². The van der Waals surface area contributed by atoms with Crippen LogP contribution in [0.4, 0.5) is 0 Å². The first kappa shape index (κ1) is 17.7. The van der Waals surface area contributed by atoms with Crippen LogP contribution in [0.1, 0.15) is 22.3 Å². The maximum Gasteiger partial charge on any atom is 0.254 e. The van der Waals surface area contributed by atoms with Crippen LogP contribution in [0, 0.1) is 0 Å². The fourth-order valence-corrected chi connectivity index (χ4v) is 3.00. The zero-order valence-electron chi connectivity index (χ0n) is 15.0. The summed E-state index contributed by atoms with van der Waals surface area (Å²) in [6, 6.07) is 5.24. The van der Waals surface area contributed by atoms with Gasteiger partial charge in [-0.25, -0.2) is 0 Å². The quantitative estimate of drug-likeness (QED) is 0.736. The maximum atomic E-state index is 12.9. The molecular weight excluding hydrogens is 354 g/mol. The van der Waals surface area contributed by atoms with E-state index >= 15 is 0 Å². The molecule has 0 bridgehead atoms. The predicted octanol–water partition coefficient (Wildman–Crippen LogP) is 0.304. The molecular formula is C17H21N5O5. The SMILES string of the molecule is COCCn1nnc([C@@H]2CN(C(=O)c3ccc4c(c3)OCCO4)CCO2)n1. The van der Waals surface area contributed by atoms with Crippen LogP contribution >= 0.6 is 0 Å². The predicted molar refractivity (Wildman–Crippen MR) is 91.7 cm³/mol. The average Bonchev–Trinajstić information content (AvgIpc) is 3.20. The first-order valence-electron chi connectivity index (χ1n) is 8.82. The van der Waals surface area contributed by atoms with Crippen molar-refractivity contribution < 1.29 is 23.7 Å². The average molecular weight is 375 g/mol. The van der Waals surface area contributed by atoms with E-state index in [4.69, 9.17) is 18.9 Å². The molecule has 1 saturated heterocycles. The van der Waals surface area contributed by atoms with Gasteiger partial charge in [-0.2, -0.15) is 4.80 Å². The minimum Gasteiger partial charge on any atom is -0.486 e. The molecule has 10 heteroatoms. The normalized spacial score (nSPS) is 19.1. The molecule has 0 N–H and O–H groups in total. The van der Waals surface area contributed by atoms with E-state index in [-0.39, 0.29) is 5.91 Å². The summed E-state index contributed by atoms with van der Waals surface area (Å²) >= 11 is 0. The highest BCUT2D eigenvalue weighted by Crippen LogP contribution is 2.31. The number of fused-ring (bicyclic) bond motifs is 1. The van der Waals surface area contributed by atoms with Crippen LogP contribution in [0.2, 0.25) is 0 Å². The molecule has 0 radical (unpaired) electrons. The Morgan fingerprint density at radius 1 is 1.26 bits per heavy atom. The smallest absolute Gasteiger partial charge is 0.254 e. The van der Waals surface area contributed by atoms with Crippen LogP contribution in [0.15, 0.2) is 18.2 Å². The van der Waals surface area contributed by atoms with Crippen LogP contribution in [0.25, 0.3) is 0 Å². The van der Waals surface area contributed by atoms with Gasteiger partial charge in [0.25, 0.3) is 5.91 Å². The second-order valence-corrected chi connectivity index (χ2v) is 6.21. The van der Waals surface area contributed by atoms with Gasteiger partial charge in [-0.05, 0) is 23.4 Å². The number of morpholine rings is 1. The van der Waals surface area contributed by atoms with Gasteiger partial charge in [-0.1, -0.05) is 0 Å². The van der Waals surface area contributed by atoms with Gasteiger partial charge in [0.2, 0.25) is 5.82 Å². The minimum absolute atomic E-state index is 0.0907. The van der Waals surface area contributed by atoms with Crippen molar-refractivity contribution >= 4 is 5.91 Å². The highest BCUT2D eigenvalue weighted by Gasteiger charge is 2.29. The highest BCUT2D eigenvalue weighted by molar-refractivity contribution is 5.95. The van der Waals surface area contributed by atoms with Crippen molar-refractivity contribution in [2.45, 2.75) is 12.6 Å². The molecule has 10 nitrogen and oxygen atoms in total. The first-order chi connectivity index (χ1) is 13.2. The summed E-state index contributed by atoms with van der Waals surface area (Å²) in [5.74, 6) is 1.63. The number of methoxy groups -OCH3 is 1. The molecule has 0 unspecified atom stereocenters. The number of carbonyl (C=O) groups is 1. The summed E-state index contributed by atoms with van der Waals surface area (Å²) in [6.07, 6.45) is -0.406. The number of ether oxygens (including phenoxy) is 4. The van der Waals surface area contributed by atoms with E-state index in [0.29, 0.717) is 68.9 Å². The van der Waals surface area contributed by atoms with Crippen molar-refractivity contribution in [2.75, 3.05) is 46.6 Å². The highest BCUT2D eigenvalue weighted by atomic mass is 16.6. The largest absolute Gasteiger partial charge is 0.486 e. The number of hydrogen-bond donors (Lipinski definition) is 0. The van der Waals surface area contributed by atoms with Crippen molar-refractivity contribution in [2.24, 2.45) is 0 Å². The van der Waals surface area contributed by atoms with E-state index in [0.717, 1.165) is 0 Å². The van der Waals surface area contributed by atoms with Gasteiger partial charge in [0.15, 0.2) is 11.5 Å². The molecule has 4 rings (SSSR count). The van der Waals surface area contributed by atoms with Crippen LogP contribution in [0.5, 0.6) is 11.5 Å². The molecule has 2 aliphatic rings. The van der Waals surface area contributed by atoms with Gasteiger partial charge < -0.3 is 23.8 Å². The number of amides is 1. The summed E-state index contributed by atoms with van der Waals surface area (Å²) in [5, 5.41) is 12.3. The maximum absolute atomic E-state index is 12.9. The molecule has 2 aliphatic heterocycles. The van der Waals surface area contributed by atoms with Gasteiger partial charge >= 0.3 is 0 Å². The zero-order valence-corrected chi connectivity index (χ0v) is 15.0. The van der Waals surface area contributed by atoms with Crippen molar-refractivity contribution in [3.05, 3.63) is 29.6 Å². The number of benzene rings is 1. The number of hydrogen-bond acceptors (Lipinski definition) is 8. The Hall–Kier alpha value is -2.72. The second kappa shape index (κ2) is 7.89. The molecule has 3 heterocycles. The molecule has 1 fully saturated rings. The molecule has 1 aromatic heterocycles. The molecule has 0 spiro atoms. The van der Waals surface area contributed by atoms with Gasteiger partial charge in [-0.3, -0.25) is 4.79 Å². The van der Waals surface area contributed by atoms with E-state index in [1.807, 2.05) is 0 Å². The number of carbonyl (C=O) groups excluding carboxylic acids is 1. The molecule has 1 aromatic carbocycles. The van der Waals surface area contributed by atoms with E-state index in [2.05, 4.69) is 15.4 Å². The van der Waals surface area contributed by atoms with Crippen LogP contribution in [-0.2, 0) is 16.0 Å². The Morgan fingerprint density at radius 2 is 2.11 bits per heavy atom. The number of aromatic nitrogens is 4. The second-order valence-electron chi connectivity index (χ2n) is 6.21. The van der Waals surface area contributed by atoms with Crippen molar-refractivity contribution in [1.29, 1.82) is 0 Å². The lowest BCUT2D eigenvalue weighted by Crippen LogP contribution is -2.42. The zero-order chi connectivity index (χ0) is 18.6.